The molecular weight excluding hydrogens is 402 g/mol. The summed E-state index contributed by atoms with van der Waals surface area (Å²) < 4.78 is 4.98. The van der Waals surface area contributed by atoms with E-state index in [0.29, 0.717) is 16.1 Å². The highest BCUT2D eigenvalue weighted by Gasteiger charge is 2.51. The van der Waals surface area contributed by atoms with Gasteiger partial charge in [0.15, 0.2) is 0 Å². The third-order valence-corrected chi connectivity index (χ3v) is 7.62. The lowest BCUT2D eigenvalue weighted by atomic mass is 9.78. The normalized spacial score (nSPS) is 24.6. The van der Waals surface area contributed by atoms with Crippen LogP contribution in [0.25, 0.3) is 11.1 Å². The van der Waals surface area contributed by atoms with Crippen molar-refractivity contribution in [3.05, 3.63) is 40.3 Å². The number of carboxylic acids is 1. The van der Waals surface area contributed by atoms with Crippen molar-refractivity contribution in [1.29, 1.82) is 0 Å². The fourth-order valence-corrected chi connectivity index (χ4v) is 6.04. The van der Waals surface area contributed by atoms with Gasteiger partial charge in [-0.1, -0.05) is 18.2 Å². The fourth-order valence-electron chi connectivity index (χ4n) is 5.08. The standard InChI is InChI=1S/C23H25NO5S/c1-11-4-5-13(8-12(11)2)16-10-30-21(19(16)23(28)29-3)24-20(25)17-14-6-7-15(9-14)18(17)22(26)27/h4-5,8,10,14-15,17-18H,6-7,9H2,1-3H3,(H,24,25)(H,26,27)/p-1/t14-,15-,17+,18+/m1/s1. The molecule has 2 aromatic rings. The SMILES string of the molecule is COC(=O)c1c(-c2ccc(C)c(C)c2)csc1NC(=O)[C@H]1[C@@H]2CC[C@H](C2)[C@@H]1C(=O)[O-]. The first kappa shape index (κ1) is 20.6. The van der Waals surface area contributed by atoms with Crippen molar-refractivity contribution >= 4 is 34.2 Å². The number of anilines is 1. The van der Waals surface area contributed by atoms with Gasteiger partial charge in [0.2, 0.25) is 5.91 Å². The van der Waals surface area contributed by atoms with Crippen LogP contribution in [0.3, 0.4) is 0 Å². The summed E-state index contributed by atoms with van der Waals surface area (Å²) in [5, 5.41) is 16.7. The second-order valence-corrected chi connectivity index (χ2v) is 9.22. The number of carbonyl (C=O) groups is 3. The number of carboxylic acid groups (broad SMARTS) is 1. The third kappa shape index (κ3) is 3.41. The minimum atomic E-state index is -1.16. The molecule has 6 nitrogen and oxygen atoms in total. The van der Waals surface area contributed by atoms with Crippen LogP contribution >= 0.6 is 11.3 Å². The fraction of sp³-hybridized carbons (Fsp3) is 0.435. The Morgan fingerprint density at radius 2 is 1.80 bits per heavy atom. The van der Waals surface area contributed by atoms with E-state index >= 15 is 0 Å². The summed E-state index contributed by atoms with van der Waals surface area (Å²) in [6.45, 7) is 4.02. The number of aliphatic carboxylic acids is 1. The zero-order chi connectivity index (χ0) is 21.6. The highest BCUT2D eigenvalue weighted by Crippen LogP contribution is 2.52. The van der Waals surface area contributed by atoms with Crippen molar-refractivity contribution < 1.29 is 24.2 Å². The number of nitrogens with one attached hydrogen (secondary N) is 1. The van der Waals surface area contributed by atoms with Crippen molar-refractivity contribution in [2.24, 2.45) is 23.7 Å². The van der Waals surface area contributed by atoms with Gasteiger partial charge in [0.1, 0.15) is 10.6 Å². The number of methoxy groups -OCH3 is 1. The average Bonchev–Trinajstić information content (AvgIpc) is 3.43. The third-order valence-electron chi connectivity index (χ3n) is 6.73. The van der Waals surface area contributed by atoms with Crippen LogP contribution in [0.5, 0.6) is 0 Å². The zero-order valence-electron chi connectivity index (χ0n) is 17.2. The first-order valence-corrected chi connectivity index (χ1v) is 11.0. The van der Waals surface area contributed by atoms with E-state index in [2.05, 4.69) is 5.32 Å². The molecule has 0 aliphatic heterocycles. The molecule has 1 heterocycles. The molecule has 0 saturated heterocycles. The summed E-state index contributed by atoms with van der Waals surface area (Å²) in [6.07, 6.45) is 2.43. The van der Waals surface area contributed by atoms with Crippen molar-refractivity contribution in [2.45, 2.75) is 33.1 Å². The Hall–Kier alpha value is -2.67. The van der Waals surface area contributed by atoms with Gasteiger partial charge in [-0.25, -0.2) is 4.79 Å². The second-order valence-electron chi connectivity index (χ2n) is 8.34. The van der Waals surface area contributed by atoms with Crippen molar-refractivity contribution in [2.75, 3.05) is 12.4 Å². The number of carbonyl (C=O) groups excluding carboxylic acids is 3. The molecule has 7 heteroatoms. The smallest absolute Gasteiger partial charge is 0.341 e. The van der Waals surface area contributed by atoms with E-state index in [0.717, 1.165) is 36.0 Å². The van der Waals surface area contributed by atoms with E-state index in [1.807, 2.05) is 37.4 Å². The van der Waals surface area contributed by atoms with Crippen LogP contribution in [-0.4, -0.2) is 25.0 Å². The average molecular weight is 427 g/mol. The van der Waals surface area contributed by atoms with E-state index in [9.17, 15) is 19.5 Å². The number of hydrogen-bond donors (Lipinski definition) is 1. The molecule has 30 heavy (non-hydrogen) atoms. The molecule has 4 rings (SSSR count). The Labute approximate surface area is 179 Å². The van der Waals surface area contributed by atoms with Crippen molar-refractivity contribution in [1.82, 2.24) is 0 Å². The predicted octanol–water partition coefficient (Wildman–Crippen LogP) is 3.17. The monoisotopic (exact) mass is 426 g/mol. The Bertz CT molecular complexity index is 1030. The maximum Gasteiger partial charge on any atom is 0.341 e. The molecule has 4 atom stereocenters. The minimum Gasteiger partial charge on any atom is -0.550 e. The molecule has 2 aliphatic carbocycles. The number of esters is 1. The molecule has 1 aromatic heterocycles. The van der Waals surface area contributed by atoms with Crippen LogP contribution in [0.1, 0.15) is 40.7 Å². The number of thiophene rings is 1. The predicted molar refractivity (Wildman–Crippen MR) is 112 cm³/mol. The van der Waals surface area contributed by atoms with Gasteiger partial charge in [-0.3, -0.25) is 4.79 Å². The lowest BCUT2D eigenvalue weighted by molar-refractivity contribution is -0.314. The van der Waals surface area contributed by atoms with Gasteiger partial charge in [-0.15, -0.1) is 11.3 Å². The van der Waals surface area contributed by atoms with Gasteiger partial charge in [-0.2, -0.15) is 0 Å². The van der Waals surface area contributed by atoms with Gasteiger partial charge < -0.3 is 20.0 Å². The van der Waals surface area contributed by atoms with Gasteiger partial charge in [0.25, 0.3) is 0 Å². The molecule has 2 fully saturated rings. The van der Waals surface area contributed by atoms with E-state index in [-0.39, 0.29) is 17.7 Å². The van der Waals surface area contributed by atoms with Crippen LogP contribution in [0.4, 0.5) is 5.00 Å². The Kier molecular flexibility index (Phi) is 5.40. The Morgan fingerprint density at radius 3 is 2.43 bits per heavy atom. The Balaban J connectivity index is 1.67. The van der Waals surface area contributed by atoms with Crippen LogP contribution in [0, 0.1) is 37.5 Å². The van der Waals surface area contributed by atoms with E-state index in [1.54, 1.807) is 0 Å². The maximum absolute atomic E-state index is 13.1. The highest BCUT2D eigenvalue weighted by atomic mass is 32.1. The first-order valence-electron chi connectivity index (χ1n) is 10.1. The number of rotatable bonds is 5. The summed E-state index contributed by atoms with van der Waals surface area (Å²) >= 11 is 1.25. The van der Waals surface area contributed by atoms with Crippen LogP contribution < -0.4 is 10.4 Å². The first-order chi connectivity index (χ1) is 14.3. The Morgan fingerprint density at radius 1 is 1.10 bits per heavy atom. The van der Waals surface area contributed by atoms with Gasteiger partial charge in [0, 0.05) is 28.7 Å². The minimum absolute atomic E-state index is 0.00487. The number of hydrogen-bond acceptors (Lipinski definition) is 6. The van der Waals surface area contributed by atoms with E-state index < -0.39 is 23.8 Å². The quantitative estimate of drug-likeness (QED) is 0.741. The number of aryl methyl sites for hydroxylation is 2. The molecule has 1 aromatic carbocycles. The van der Waals surface area contributed by atoms with Gasteiger partial charge in [0.05, 0.1) is 7.11 Å². The zero-order valence-corrected chi connectivity index (χ0v) is 18.0. The number of amides is 1. The van der Waals surface area contributed by atoms with E-state index in [4.69, 9.17) is 4.74 Å². The molecule has 158 valence electrons. The largest absolute Gasteiger partial charge is 0.550 e. The lowest BCUT2D eigenvalue weighted by Crippen LogP contribution is -2.44. The van der Waals surface area contributed by atoms with Gasteiger partial charge >= 0.3 is 5.97 Å². The number of ether oxygens (including phenoxy) is 1. The van der Waals surface area contributed by atoms with Gasteiger partial charge in [-0.05, 0) is 61.6 Å². The van der Waals surface area contributed by atoms with Crippen molar-refractivity contribution in [3.8, 4) is 11.1 Å². The topological polar surface area (TPSA) is 95.5 Å². The molecule has 1 N–H and O–H groups in total. The molecule has 0 spiro atoms. The summed E-state index contributed by atoms with van der Waals surface area (Å²) in [7, 11) is 1.30. The van der Waals surface area contributed by atoms with Crippen LogP contribution in [0.15, 0.2) is 23.6 Å². The maximum atomic E-state index is 13.1. The molecule has 0 unspecified atom stereocenters. The molecule has 0 radical (unpaired) electrons. The summed E-state index contributed by atoms with van der Waals surface area (Å²) in [5.41, 5.74) is 4.09. The molecule has 2 saturated carbocycles. The molecular formula is C23H24NO5S-. The van der Waals surface area contributed by atoms with Crippen molar-refractivity contribution in [3.63, 3.8) is 0 Å². The molecule has 2 bridgehead atoms. The van der Waals surface area contributed by atoms with Crippen LogP contribution in [-0.2, 0) is 14.3 Å². The molecule has 2 aliphatic rings. The lowest BCUT2D eigenvalue weighted by Gasteiger charge is -2.30. The summed E-state index contributed by atoms with van der Waals surface area (Å²) in [4.78, 5) is 37.3. The van der Waals surface area contributed by atoms with E-state index in [1.165, 1.54) is 18.4 Å². The highest BCUT2D eigenvalue weighted by molar-refractivity contribution is 7.15. The number of fused-ring (bicyclic) bond motifs is 2. The number of benzene rings is 1. The van der Waals surface area contributed by atoms with Crippen LogP contribution in [0.2, 0.25) is 0 Å². The second kappa shape index (κ2) is 7.87. The summed E-state index contributed by atoms with van der Waals surface area (Å²) in [5.74, 6) is -3.36. The molecule has 1 amide bonds. The summed E-state index contributed by atoms with van der Waals surface area (Å²) in [6, 6.07) is 5.92.